The summed E-state index contributed by atoms with van der Waals surface area (Å²) in [5.41, 5.74) is 3.21. The summed E-state index contributed by atoms with van der Waals surface area (Å²) in [6.45, 7) is 0.351. The first kappa shape index (κ1) is 18.4. The standard InChI is InChI=1S/C23H19N3O3S/c1-28-16-7-4-6-15(12-16)22-25-20(14-30-22)21-24-19-10-3-2-9-18(19)23(27)26(21)13-17-8-5-11-29-17/h2-12,14,21,24H,13H2,1H3. The van der Waals surface area contributed by atoms with Crippen molar-refractivity contribution in [3.05, 3.63) is 89.3 Å². The van der Waals surface area contributed by atoms with Gasteiger partial charge in [-0.15, -0.1) is 11.3 Å². The normalized spacial score (nSPS) is 15.6. The largest absolute Gasteiger partial charge is 0.497 e. The third kappa shape index (κ3) is 3.33. The molecule has 1 aliphatic rings. The number of thiazole rings is 1. The number of ether oxygens (including phenoxy) is 1. The van der Waals surface area contributed by atoms with E-state index in [0.717, 1.165) is 33.5 Å². The molecule has 150 valence electrons. The highest BCUT2D eigenvalue weighted by molar-refractivity contribution is 7.13. The minimum Gasteiger partial charge on any atom is -0.497 e. The van der Waals surface area contributed by atoms with Crippen molar-refractivity contribution >= 4 is 22.9 Å². The Morgan fingerprint density at radius 1 is 1.17 bits per heavy atom. The maximum Gasteiger partial charge on any atom is 0.258 e. The van der Waals surface area contributed by atoms with Gasteiger partial charge in [0.2, 0.25) is 0 Å². The molecule has 0 fully saturated rings. The highest BCUT2D eigenvalue weighted by Gasteiger charge is 2.34. The van der Waals surface area contributed by atoms with Gasteiger partial charge in [0.25, 0.3) is 5.91 Å². The maximum atomic E-state index is 13.3. The number of nitrogens with zero attached hydrogens (tertiary/aromatic N) is 2. The van der Waals surface area contributed by atoms with E-state index in [9.17, 15) is 4.79 Å². The van der Waals surface area contributed by atoms with Gasteiger partial charge in [0, 0.05) is 16.6 Å². The summed E-state index contributed by atoms with van der Waals surface area (Å²) in [6.07, 6.45) is 1.22. The van der Waals surface area contributed by atoms with Crippen LogP contribution in [-0.2, 0) is 6.54 Å². The molecule has 0 spiro atoms. The molecule has 1 atom stereocenters. The SMILES string of the molecule is COc1cccc(-c2nc(C3Nc4ccccc4C(=O)N3Cc3ccco3)cs2)c1. The molecule has 2 aromatic carbocycles. The number of carbonyl (C=O) groups is 1. The summed E-state index contributed by atoms with van der Waals surface area (Å²) >= 11 is 1.54. The fraction of sp³-hybridized carbons (Fsp3) is 0.130. The Hall–Kier alpha value is -3.58. The average Bonchev–Trinajstić information content (AvgIpc) is 3.48. The van der Waals surface area contributed by atoms with Gasteiger partial charge in [-0.1, -0.05) is 24.3 Å². The fourth-order valence-electron chi connectivity index (χ4n) is 3.56. The van der Waals surface area contributed by atoms with Gasteiger partial charge in [-0.25, -0.2) is 4.98 Å². The van der Waals surface area contributed by atoms with Crippen molar-refractivity contribution < 1.29 is 13.9 Å². The van der Waals surface area contributed by atoms with Crippen LogP contribution in [-0.4, -0.2) is 22.9 Å². The number of nitrogens with one attached hydrogen (secondary N) is 1. The van der Waals surface area contributed by atoms with Crippen molar-refractivity contribution in [1.29, 1.82) is 0 Å². The Kier molecular flexibility index (Phi) is 4.72. The van der Waals surface area contributed by atoms with Crippen LogP contribution in [0.25, 0.3) is 10.6 Å². The van der Waals surface area contributed by atoms with Crippen LogP contribution < -0.4 is 10.1 Å². The second-order valence-corrected chi connectivity index (χ2v) is 7.77. The number of fused-ring (bicyclic) bond motifs is 1. The number of rotatable bonds is 5. The molecule has 2 aromatic heterocycles. The molecule has 0 saturated carbocycles. The highest BCUT2D eigenvalue weighted by Crippen LogP contribution is 2.36. The quantitative estimate of drug-likeness (QED) is 0.485. The number of furan rings is 1. The van der Waals surface area contributed by atoms with Crippen LogP contribution in [0.3, 0.4) is 0 Å². The number of aromatic nitrogens is 1. The van der Waals surface area contributed by atoms with E-state index in [1.807, 2.05) is 66.0 Å². The Balaban J connectivity index is 1.52. The van der Waals surface area contributed by atoms with Gasteiger partial charge < -0.3 is 19.4 Å². The van der Waals surface area contributed by atoms with Crippen molar-refractivity contribution in [3.63, 3.8) is 0 Å². The Morgan fingerprint density at radius 3 is 2.90 bits per heavy atom. The minimum absolute atomic E-state index is 0.0540. The van der Waals surface area contributed by atoms with Crippen LogP contribution in [0.1, 0.15) is 28.0 Å². The summed E-state index contributed by atoms with van der Waals surface area (Å²) in [5, 5.41) is 6.34. The number of anilines is 1. The zero-order valence-electron chi connectivity index (χ0n) is 16.2. The second-order valence-electron chi connectivity index (χ2n) is 6.91. The van der Waals surface area contributed by atoms with E-state index < -0.39 is 6.17 Å². The van der Waals surface area contributed by atoms with Crippen LogP contribution in [0.5, 0.6) is 5.75 Å². The zero-order valence-corrected chi connectivity index (χ0v) is 17.1. The fourth-order valence-corrected chi connectivity index (χ4v) is 4.40. The molecular weight excluding hydrogens is 398 g/mol. The number of hydrogen-bond donors (Lipinski definition) is 1. The first-order valence-corrected chi connectivity index (χ1v) is 10.4. The molecule has 30 heavy (non-hydrogen) atoms. The van der Waals surface area contributed by atoms with E-state index in [1.165, 1.54) is 11.3 Å². The molecular formula is C23H19N3O3S. The average molecular weight is 417 g/mol. The van der Waals surface area contributed by atoms with E-state index in [-0.39, 0.29) is 5.91 Å². The lowest BCUT2D eigenvalue weighted by Gasteiger charge is -2.36. The summed E-state index contributed by atoms with van der Waals surface area (Å²) in [7, 11) is 1.65. The topological polar surface area (TPSA) is 67.6 Å². The Morgan fingerprint density at radius 2 is 2.07 bits per heavy atom. The van der Waals surface area contributed by atoms with Crippen molar-refractivity contribution in [2.75, 3.05) is 12.4 Å². The van der Waals surface area contributed by atoms with Gasteiger partial charge in [0.05, 0.1) is 31.2 Å². The summed E-state index contributed by atoms with van der Waals surface area (Å²) in [6, 6.07) is 19.0. The molecule has 7 heteroatoms. The Labute approximate surface area is 177 Å². The molecule has 1 N–H and O–H groups in total. The van der Waals surface area contributed by atoms with Crippen molar-refractivity contribution in [1.82, 2.24) is 9.88 Å². The predicted octanol–water partition coefficient (Wildman–Crippen LogP) is 5.18. The van der Waals surface area contributed by atoms with E-state index >= 15 is 0 Å². The summed E-state index contributed by atoms with van der Waals surface area (Å²) in [5.74, 6) is 1.45. The molecule has 0 saturated heterocycles. The number of benzene rings is 2. The maximum absolute atomic E-state index is 13.3. The number of carbonyl (C=O) groups excluding carboxylic acids is 1. The zero-order chi connectivity index (χ0) is 20.5. The lowest BCUT2D eigenvalue weighted by atomic mass is 10.1. The van der Waals surface area contributed by atoms with Crippen molar-refractivity contribution in [2.24, 2.45) is 0 Å². The third-order valence-corrected chi connectivity index (χ3v) is 5.96. The summed E-state index contributed by atoms with van der Waals surface area (Å²) in [4.78, 5) is 19.9. The van der Waals surface area contributed by atoms with Gasteiger partial charge in [-0.05, 0) is 36.4 Å². The smallest absolute Gasteiger partial charge is 0.258 e. The molecule has 1 aliphatic heterocycles. The molecule has 1 unspecified atom stereocenters. The van der Waals surface area contributed by atoms with Crippen molar-refractivity contribution in [2.45, 2.75) is 12.7 Å². The monoisotopic (exact) mass is 417 g/mol. The van der Waals surface area contributed by atoms with Crippen molar-refractivity contribution in [3.8, 4) is 16.3 Å². The third-order valence-electron chi connectivity index (χ3n) is 5.05. The highest BCUT2D eigenvalue weighted by atomic mass is 32.1. The Bertz CT molecular complexity index is 1190. The molecule has 4 aromatic rings. The number of hydrogen-bond acceptors (Lipinski definition) is 6. The van der Waals surface area contributed by atoms with Crippen LogP contribution in [0.2, 0.25) is 0 Å². The van der Waals surface area contributed by atoms with E-state index in [2.05, 4.69) is 5.32 Å². The van der Waals surface area contributed by atoms with Gasteiger partial charge in [-0.3, -0.25) is 4.79 Å². The second kappa shape index (κ2) is 7.68. The van der Waals surface area contributed by atoms with Crippen LogP contribution in [0, 0.1) is 0 Å². The first-order valence-electron chi connectivity index (χ1n) is 9.52. The van der Waals surface area contributed by atoms with Gasteiger partial charge in [-0.2, -0.15) is 0 Å². The van der Waals surface area contributed by atoms with Crippen LogP contribution >= 0.6 is 11.3 Å². The molecule has 0 bridgehead atoms. The van der Waals surface area contributed by atoms with Crippen LogP contribution in [0.4, 0.5) is 5.69 Å². The van der Waals surface area contributed by atoms with Crippen LogP contribution in [0.15, 0.2) is 76.7 Å². The molecule has 1 amide bonds. The lowest BCUT2D eigenvalue weighted by molar-refractivity contribution is 0.0648. The van der Waals surface area contributed by atoms with Gasteiger partial charge >= 0.3 is 0 Å². The van der Waals surface area contributed by atoms with E-state index in [1.54, 1.807) is 18.3 Å². The molecule has 5 rings (SSSR count). The van der Waals surface area contributed by atoms with E-state index in [4.69, 9.17) is 14.1 Å². The lowest BCUT2D eigenvalue weighted by Crippen LogP contribution is -2.42. The number of amides is 1. The molecule has 3 heterocycles. The van der Waals surface area contributed by atoms with Gasteiger partial charge in [0.15, 0.2) is 0 Å². The number of methoxy groups -OCH3 is 1. The molecule has 0 radical (unpaired) electrons. The summed E-state index contributed by atoms with van der Waals surface area (Å²) < 4.78 is 10.8. The molecule has 6 nitrogen and oxygen atoms in total. The van der Waals surface area contributed by atoms with E-state index in [0.29, 0.717) is 12.1 Å². The minimum atomic E-state index is -0.395. The first-order chi connectivity index (χ1) is 14.7. The number of para-hydroxylation sites is 1. The predicted molar refractivity (Wildman–Crippen MR) is 115 cm³/mol. The molecule has 0 aliphatic carbocycles. The van der Waals surface area contributed by atoms with Gasteiger partial charge in [0.1, 0.15) is 22.7 Å².